The zero-order valence-electron chi connectivity index (χ0n) is 10.6. The summed E-state index contributed by atoms with van der Waals surface area (Å²) in [6.07, 6.45) is 9.96. The van der Waals surface area contributed by atoms with Gasteiger partial charge < -0.3 is 10.4 Å². The van der Waals surface area contributed by atoms with Gasteiger partial charge in [-0.2, -0.15) is 0 Å². The highest BCUT2D eigenvalue weighted by molar-refractivity contribution is 5.79. The lowest BCUT2D eigenvalue weighted by atomic mass is 9.81. The number of carbonyl (C=O) groups excluding carboxylic acids is 1. The largest absolute Gasteiger partial charge is 0.481 e. The van der Waals surface area contributed by atoms with E-state index < -0.39 is 5.97 Å². The average molecular weight is 251 g/mol. The van der Waals surface area contributed by atoms with Crippen LogP contribution < -0.4 is 5.32 Å². The van der Waals surface area contributed by atoms with Gasteiger partial charge in [-0.1, -0.05) is 12.2 Å². The zero-order valence-corrected chi connectivity index (χ0v) is 10.6. The second-order valence-corrected chi connectivity index (χ2v) is 5.38. The second kappa shape index (κ2) is 6.03. The number of rotatable bonds is 3. The van der Waals surface area contributed by atoms with Crippen LogP contribution in [0.15, 0.2) is 12.2 Å². The first-order valence-corrected chi connectivity index (χ1v) is 6.85. The fourth-order valence-electron chi connectivity index (χ4n) is 2.85. The normalized spacial score (nSPS) is 31.9. The van der Waals surface area contributed by atoms with E-state index in [-0.39, 0.29) is 23.8 Å². The molecule has 1 atom stereocenters. The SMILES string of the molecule is O=C(O)C1CCC(C(=O)NC2CC=CCC2)CC1. The summed E-state index contributed by atoms with van der Waals surface area (Å²) >= 11 is 0. The molecule has 1 saturated carbocycles. The molecule has 2 aliphatic carbocycles. The van der Waals surface area contributed by atoms with E-state index in [1.807, 2.05) is 0 Å². The van der Waals surface area contributed by atoms with Gasteiger partial charge in [-0.15, -0.1) is 0 Å². The van der Waals surface area contributed by atoms with Crippen LogP contribution in [0.3, 0.4) is 0 Å². The number of carboxylic acids is 1. The number of hydrogen-bond donors (Lipinski definition) is 2. The number of nitrogens with one attached hydrogen (secondary N) is 1. The van der Waals surface area contributed by atoms with E-state index in [0.717, 1.165) is 19.3 Å². The lowest BCUT2D eigenvalue weighted by Crippen LogP contribution is -2.40. The molecule has 0 radical (unpaired) electrons. The maximum Gasteiger partial charge on any atom is 0.306 e. The van der Waals surface area contributed by atoms with Crippen molar-refractivity contribution in [2.75, 3.05) is 0 Å². The second-order valence-electron chi connectivity index (χ2n) is 5.38. The fraction of sp³-hybridized carbons (Fsp3) is 0.714. The summed E-state index contributed by atoms with van der Waals surface area (Å²) in [5.41, 5.74) is 0. The van der Waals surface area contributed by atoms with Gasteiger partial charge in [0.05, 0.1) is 5.92 Å². The summed E-state index contributed by atoms with van der Waals surface area (Å²) in [7, 11) is 0. The third-order valence-corrected chi connectivity index (χ3v) is 4.06. The van der Waals surface area contributed by atoms with Crippen LogP contribution in [0, 0.1) is 11.8 Å². The van der Waals surface area contributed by atoms with E-state index in [1.165, 1.54) is 0 Å². The number of hydrogen-bond acceptors (Lipinski definition) is 2. The molecule has 1 amide bonds. The lowest BCUT2D eigenvalue weighted by Gasteiger charge is -2.27. The molecular formula is C14H21NO3. The van der Waals surface area contributed by atoms with Crippen molar-refractivity contribution in [2.45, 2.75) is 51.0 Å². The van der Waals surface area contributed by atoms with Crippen molar-refractivity contribution in [2.24, 2.45) is 11.8 Å². The number of carboxylic acid groups (broad SMARTS) is 1. The molecule has 0 aromatic carbocycles. The van der Waals surface area contributed by atoms with Crippen LogP contribution in [0.2, 0.25) is 0 Å². The number of allylic oxidation sites excluding steroid dienone is 1. The van der Waals surface area contributed by atoms with Crippen LogP contribution in [0.1, 0.15) is 44.9 Å². The molecule has 0 bridgehead atoms. The van der Waals surface area contributed by atoms with Gasteiger partial charge in [0.25, 0.3) is 0 Å². The Kier molecular flexibility index (Phi) is 4.39. The molecule has 2 aliphatic rings. The van der Waals surface area contributed by atoms with Crippen LogP contribution in [-0.2, 0) is 9.59 Å². The molecule has 2 N–H and O–H groups in total. The molecule has 0 aromatic heterocycles. The summed E-state index contributed by atoms with van der Waals surface area (Å²) in [6.45, 7) is 0. The van der Waals surface area contributed by atoms with Gasteiger partial charge in [-0.3, -0.25) is 9.59 Å². The molecule has 0 aromatic rings. The maximum absolute atomic E-state index is 12.1. The minimum absolute atomic E-state index is 0.0199. The van der Waals surface area contributed by atoms with E-state index in [2.05, 4.69) is 17.5 Å². The predicted molar refractivity (Wildman–Crippen MR) is 68.0 cm³/mol. The molecular weight excluding hydrogens is 230 g/mol. The zero-order chi connectivity index (χ0) is 13.0. The maximum atomic E-state index is 12.1. The Bertz CT molecular complexity index is 343. The third kappa shape index (κ3) is 3.34. The Morgan fingerprint density at radius 3 is 2.22 bits per heavy atom. The van der Waals surface area contributed by atoms with Crippen molar-refractivity contribution in [3.63, 3.8) is 0 Å². The van der Waals surface area contributed by atoms with Crippen molar-refractivity contribution in [1.29, 1.82) is 0 Å². The average Bonchev–Trinajstić information content (AvgIpc) is 2.40. The number of carbonyl (C=O) groups is 2. The molecule has 1 fully saturated rings. The molecule has 18 heavy (non-hydrogen) atoms. The molecule has 4 heteroatoms. The Morgan fingerprint density at radius 1 is 1.00 bits per heavy atom. The third-order valence-electron chi connectivity index (χ3n) is 4.06. The molecule has 0 aliphatic heterocycles. The highest BCUT2D eigenvalue weighted by Crippen LogP contribution is 2.29. The van der Waals surface area contributed by atoms with E-state index >= 15 is 0 Å². The van der Waals surface area contributed by atoms with Crippen LogP contribution in [0.4, 0.5) is 0 Å². The summed E-state index contributed by atoms with van der Waals surface area (Å²) in [6, 6.07) is 0.277. The molecule has 100 valence electrons. The molecule has 0 spiro atoms. The summed E-state index contributed by atoms with van der Waals surface area (Å²) < 4.78 is 0. The minimum Gasteiger partial charge on any atom is -0.481 e. The first kappa shape index (κ1) is 13.1. The standard InChI is InChI=1S/C14H21NO3/c16-13(15-12-4-2-1-3-5-12)10-6-8-11(9-7-10)14(17)18/h1-2,10-12H,3-9H2,(H,15,16)(H,17,18). The number of amides is 1. The fourth-order valence-corrected chi connectivity index (χ4v) is 2.85. The Labute approximate surface area is 107 Å². The van der Waals surface area contributed by atoms with E-state index in [1.54, 1.807) is 0 Å². The molecule has 0 heterocycles. The first-order chi connectivity index (χ1) is 8.66. The lowest BCUT2D eigenvalue weighted by molar-refractivity contribution is -0.144. The van der Waals surface area contributed by atoms with Crippen LogP contribution >= 0.6 is 0 Å². The highest BCUT2D eigenvalue weighted by atomic mass is 16.4. The van der Waals surface area contributed by atoms with Crippen LogP contribution in [0.5, 0.6) is 0 Å². The predicted octanol–water partition coefficient (Wildman–Crippen LogP) is 2.10. The van der Waals surface area contributed by atoms with Gasteiger partial charge in [-0.05, 0) is 44.9 Å². The van der Waals surface area contributed by atoms with E-state index in [4.69, 9.17) is 5.11 Å². The van der Waals surface area contributed by atoms with Gasteiger partial charge in [0, 0.05) is 12.0 Å². The van der Waals surface area contributed by atoms with Crippen molar-refractivity contribution < 1.29 is 14.7 Å². The monoisotopic (exact) mass is 251 g/mol. The molecule has 1 unspecified atom stereocenters. The van der Waals surface area contributed by atoms with Gasteiger partial charge in [0.15, 0.2) is 0 Å². The van der Waals surface area contributed by atoms with Crippen molar-refractivity contribution in [1.82, 2.24) is 5.32 Å². The summed E-state index contributed by atoms with van der Waals surface area (Å²) in [5.74, 6) is -0.816. The topological polar surface area (TPSA) is 66.4 Å². The summed E-state index contributed by atoms with van der Waals surface area (Å²) in [5, 5.41) is 12.0. The van der Waals surface area contributed by atoms with Crippen LogP contribution in [-0.4, -0.2) is 23.0 Å². The minimum atomic E-state index is -0.716. The van der Waals surface area contributed by atoms with Gasteiger partial charge in [-0.25, -0.2) is 0 Å². The van der Waals surface area contributed by atoms with E-state index in [0.29, 0.717) is 25.7 Å². The van der Waals surface area contributed by atoms with Gasteiger partial charge in [0.2, 0.25) is 5.91 Å². The molecule has 2 rings (SSSR count). The van der Waals surface area contributed by atoms with Gasteiger partial charge in [0.1, 0.15) is 0 Å². The van der Waals surface area contributed by atoms with Crippen molar-refractivity contribution >= 4 is 11.9 Å². The van der Waals surface area contributed by atoms with Crippen LogP contribution in [0.25, 0.3) is 0 Å². The molecule has 4 nitrogen and oxygen atoms in total. The highest BCUT2D eigenvalue weighted by Gasteiger charge is 2.30. The number of aliphatic carboxylic acids is 1. The molecule has 0 saturated heterocycles. The Morgan fingerprint density at radius 2 is 1.67 bits per heavy atom. The van der Waals surface area contributed by atoms with Gasteiger partial charge >= 0.3 is 5.97 Å². The first-order valence-electron chi connectivity index (χ1n) is 6.85. The Balaban J connectivity index is 1.77. The quantitative estimate of drug-likeness (QED) is 0.755. The summed E-state index contributed by atoms with van der Waals surface area (Å²) in [4.78, 5) is 22.9. The Hall–Kier alpha value is -1.32. The van der Waals surface area contributed by atoms with Crippen molar-refractivity contribution in [3.8, 4) is 0 Å². The van der Waals surface area contributed by atoms with E-state index in [9.17, 15) is 9.59 Å². The smallest absolute Gasteiger partial charge is 0.306 e. The van der Waals surface area contributed by atoms with Crippen molar-refractivity contribution in [3.05, 3.63) is 12.2 Å².